The summed E-state index contributed by atoms with van der Waals surface area (Å²) in [5.41, 5.74) is -0.0838. The number of hydrogen-bond donors (Lipinski definition) is 2. The number of carbonyl (C=O) groups is 1. The molecule has 1 aromatic rings. The number of anilines is 1. The molecule has 0 spiro atoms. The minimum absolute atomic E-state index is 0.199. The van der Waals surface area contributed by atoms with Crippen molar-refractivity contribution in [3.63, 3.8) is 0 Å². The maximum atomic E-state index is 11.0. The molecule has 0 saturated carbocycles. The lowest BCUT2D eigenvalue weighted by Gasteiger charge is -2.15. The van der Waals surface area contributed by atoms with Crippen LogP contribution in [0.3, 0.4) is 0 Å². The fraction of sp³-hybridized carbons (Fsp3) is 0.500. The number of nitro groups is 1. The van der Waals surface area contributed by atoms with Gasteiger partial charge in [0.05, 0.1) is 4.92 Å². The molecule has 0 saturated heterocycles. The fourth-order valence-corrected chi connectivity index (χ4v) is 2.01. The number of nitrogens with one attached hydrogen (secondary N) is 1. The number of hydrogen-bond acceptors (Lipinski definition) is 4. The van der Waals surface area contributed by atoms with Gasteiger partial charge in [-0.1, -0.05) is 26.2 Å². The highest BCUT2D eigenvalue weighted by molar-refractivity contribution is 5.93. The Kier molecular flexibility index (Phi) is 5.96. The van der Waals surface area contributed by atoms with E-state index >= 15 is 0 Å². The smallest absolute Gasteiger partial charge is 0.342 e. The summed E-state index contributed by atoms with van der Waals surface area (Å²) >= 11 is 0. The molecule has 0 bridgehead atoms. The van der Waals surface area contributed by atoms with Crippen LogP contribution in [0.25, 0.3) is 0 Å². The van der Waals surface area contributed by atoms with Gasteiger partial charge in [-0.05, 0) is 25.5 Å². The normalized spacial score (nSPS) is 11.9. The average molecular weight is 280 g/mol. The van der Waals surface area contributed by atoms with Gasteiger partial charge in [-0.3, -0.25) is 10.1 Å². The maximum Gasteiger partial charge on any atom is 0.342 e. The molecule has 0 amide bonds. The fourth-order valence-electron chi connectivity index (χ4n) is 2.01. The van der Waals surface area contributed by atoms with Crippen molar-refractivity contribution in [3.8, 4) is 0 Å². The minimum atomic E-state index is -1.29. The molecule has 1 atom stereocenters. The third-order valence-corrected chi connectivity index (χ3v) is 3.08. The van der Waals surface area contributed by atoms with Crippen molar-refractivity contribution in [3.05, 3.63) is 33.9 Å². The van der Waals surface area contributed by atoms with Gasteiger partial charge in [-0.15, -0.1) is 0 Å². The Balaban J connectivity index is 2.79. The van der Waals surface area contributed by atoms with Crippen LogP contribution < -0.4 is 5.32 Å². The van der Waals surface area contributed by atoms with Crippen LogP contribution in [0.2, 0.25) is 0 Å². The number of carboxylic acid groups (broad SMARTS) is 1. The summed E-state index contributed by atoms with van der Waals surface area (Å²) < 4.78 is 0. The van der Waals surface area contributed by atoms with Gasteiger partial charge in [0.15, 0.2) is 0 Å². The summed E-state index contributed by atoms with van der Waals surface area (Å²) in [6.45, 7) is 4.14. The van der Waals surface area contributed by atoms with Crippen molar-refractivity contribution in [1.29, 1.82) is 0 Å². The zero-order valence-electron chi connectivity index (χ0n) is 11.8. The maximum absolute atomic E-state index is 11.0. The predicted molar refractivity (Wildman–Crippen MR) is 77.3 cm³/mol. The zero-order chi connectivity index (χ0) is 15.1. The lowest BCUT2D eigenvalue weighted by Crippen LogP contribution is -2.15. The lowest BCUT2D eigenvalue weighted by atomic mass is 10.1. The molecule has 1 aromatic carbocycles. The second-order valence-corrected chi connectivity index (χ2v) is 4.84. The molecule has 0 aliphatic heterocycles. The third-order valence-electron chi connectivity index (χ3n) is 3.08. The standard InChI is InChI=1S/C14H20N2O4/c1-3-4-5-6-10(2)15-11-7-8-13(16(19)20)12(9-11)14(17)18/h7-10,15H,3-6H2,1-2H3,(H,17,18). The molecule has 6 heteroatoms. The first-order chi connectivity index (χ1) is 9.45. The zero-order valence-corrected chi connectivity index (χ0v) is 11.8. The SMILES string of the molecule is CCCCCC(C)Nc1ccc([N+](=O)[O-])c(C(=O)O)c1. The van der Waals surface area contributed by atoms with E-state index in [4.69, 9.17) is 5.11 Å². The van der Waals surface area contributed by atoms with Gasteiger partial charge in [0.1, 0.15) is 5.56 Å². The van der Waals surface area contributed by atoms with Crippen molar-refractivity contribution in [2.75, 3.05) is 5.32 Å². The molecule has 0 radical (unpaired) electrons. The molecule has 0 fully saturated rings. The van der Waals surface area contributed by atoms with Gasteiger partial charge < -0.3 is 10.4 Å². The average Bonchev–Trinajstić information content (AvgIpc) is 2.38. The Labute approximate surface area is 118 Å². The van der Waals surface area contributed by atoms with E-state index in [0.717, 1.165) is 25.7 Å². The van der Waals surface area contributed by atoms with E-state index in [-0.39, 0.29) is 17.3 Å². The molecule has 0 aromatic heterocycles. The minimum Gasteiger partial charge on any atom is -0.477 e. The Morgan fingerprint density at radius 1 is 1.45 bits per heavy atom. The van der Waals surface area contributed by atoms with Crippen molar-refractivity contribution >= 4 is 17.3 Å². The second-order valence-electron chi connectivity index (χ2n) is 4.84. The first kappa shape index (κ1) is 15.9. The van der Waals surface area contributed by atoms with Crippen LogP contribution in [0, 0.1) is 10.1 Å². The van der Waals surface area contributed by atoms with Crippen LogP contribution in [0.1, 0.15) is 49.9 Å². The number of nitrogens with zero attached hydrogens (tertiary/aromatic N) is 1. The summed E-state index contributed by atoms with van der Waals surface area (Å²) in [6, 6.07) is 4.28. The summed E-state index contributed by atoms with van der Waals surface area (Å²) in [7, 11) is 0. The van der Waals surface area contributed by atoms with Crippen LogP contribution >= 0.6 is 0 Å². The Hall–Kier alpha value is -2.11. The quantitative estimate of drug-likeness (QED) is 0.430. The van der Waals surface area contributed by atoms with Crippen LogP contribution in [-0.2, 0) is 0 Å². The van der Waals surface area contributed by atoms with Gasteiger partial charge in [0.25, 0.3) is 5.69 Å². The molecule has 0 aliphatic carbocycles. The number of rotatable bonds is 8. The van der Waals surface area contributed by atoms with Gasteiger partial charge in [0.2, 0.25) is 0 Å². The number of aromatic carboxylic acids is 1. The molecular weight excluding hydrogens is 260 g/mol. The molecule has 0 heterocycles. The molecule has 6 nitrogen and oxygen atoms in total. The van der Waals surface area contributed by atoms with E-state index in [2.05, 4.69) is 12.2 Å². The number of unbranched alkanes of at least 4 members (excludes halogenated alkanes) is 2. The highest BCUT2D eigenvalue weighted by Gasteiger charge is 2.20. The summed E-state index contributed by atoms with van der Waals surface area (Å²) in [5, 5.41) is 22.9. The number of carboxylic acids is 1. The predicted octanol–water partition coefficient (Wildman–Crippen LogP) is 3.67. The molecule has 2 N–H and O–H groups in total. The van der Waals surface area contributed by atoms with Gasteiger partial charge in [0, 0.05) is 17.8 Å². The first-order valence-electron chi connectivity index (χ1n) is 6.74. The third kappa shape index (κ3) is 4.53. The van der Waals surface area contributed by atoms with Gasteiger partial charge >= 0.3 is 5.97 Å². The summed E-state index contributed by atoms with van der Waals surface area (Å²) in [6.07, 6.45) is 4.39. The summed E-state index contributed by atoms with van der Waals surface area (Å²) in [4.78, 5) is 21.1. The van der Waals surface area contributed by atoms with E-state index in [1.54, 1.807) is 6.07 Å². The van der Waals surface area contributed by atoms with E-state index in [1.807, 2.05) is 6.92 Å². The highest BCUT2D eigenvalue weighted by Crippen LogP contribution is 2.23. The molecular formula is C14H20N2O4. The highest BCUT2D eigenvalue weighted by atomic mass is 16.6. The van der Waals surface area contributed by atoms with Crippen LogP contribution in [0.15, 0.2) is 18.2 Å². The Morgan fingerprint density at radius 2 is 2.15 bits per heavy atom. The van der Waals surface area contributed by atoms with Crippen LogP contribution in [0.5, 0.6) is 0 Å². The molecule has 0 aliphatic rings. The number of benzene rings is 1. The second kappa shape index (κ2) is 7.47. The Morgan fingerprint density at radius 3 is 2.70 bits per heavy atom. The van der Waals surface area contributed by atoms with E-state index < -0.39 is 10.9 Å². The van der Waals surface area contributed by atoms with E-state index in [0.29, 0.717) is 5.69 Å². The lowest BCUT2D eigenvalue weighted by molar-refractivity contribution is -0.385. The van der Waals surface area contributed by atoms with Gasteiger partial charge in [-0.25, -0.2) is 4.79 Å². The van der Waals surface area contributed by atoms with E-state index in [1.165, 1.54) is 12.1 Å². The van der Waals surface area contributed by atoms with Crippen molar-refractivity contribution in [2.45, 2.75) is 45.6 Å². The van der Waals surface area contributed by atoms with Gasteiger partial charge in [-0.2, -0.15) is 0 Å². The molecule has 1 rings (SSSR count). The van der Waals surface area contributed by atoms with Crippen molar-refractivity contribution < 1.29 is 14.8 Å². The van der Waals surface area contributed by atoms with E-state index in [9.17, 15) is 14.9 Å². The van der Waals surface area contributed by atoms with Crippen molar-refractivity contribution in [2.24, 2.45) is 0 Å². The molecule has 1 unspecified atom stereocenters. The molecule has 110 valence electrons. The number of nitro benzene ring substituents is 1. The van der Waals surface area contributed by atoms with Crippen LogP contribution in [-0.4, -0.2) is 22.0 Å². The van der Waals surface area contributed by atoms with Crippen LogP contribution in [0.4, 0.5) is 11.4 Å². The Bertz CT molecular complexity index is 488. The monoisotopic (exact) mass is 280 g/mol. The van der Waals surface area contributed by atoms with Crippen molar-refractivity contribution in [1.82, 2.24) is 0 Å². The topological polar surface area (TPSA) is 92.5 Å². The summed E-state index contributed by atoms with van der Waals surface area (Å²) in [5.74, 6) is -1.29. The first-order valence-corrected chi connectivity index (χ1v) is 6.74. The largest absolute Gasteiger partial charge is 0.477 e. The molecule has 20 heavy (non-hydrogen) atoms.